The molecule has 0 heterocycles. The van der Waals surface area contributed by atoms with Crippen LogP contribution in [0.5, 0.6) is 0 Å². The van der Waals surface area contributed by atoms with Crippen molar-refractivity contribution in [1.29, 1.82) is 0 Å². The van der Waals surface area contributed by atoms with Gasteiger partial charge in [-0.2, -0.15) is 0 Å². The maximum Gasteiger partial charge on any atom is 0.252 e. The first-order valence-corrected chi connectivity index (χ1v) is 7.43. The van der Waals surface area contributed by atoms with Crippen molar-refractivity contribution in [2.45, 2.75) is 73.5 Å². The zero-order valence-electron chi connectivity index (χ0n) is 14.9. The summed E-state index contributed by atoms with van der Waals surface area (Å²) >= 11 is 0. The average molecular weight is 291 g/mol. The summed E-state index contributed by atoms with van der Waals surface area (Å²) in [6.07, 6.45) is 0. The summed E-state index contributed by atoms with van der Waals surface area (Å²) in [7, 11) is 0. The van der Waals surface area contributed by atoms with Crippen LogP contribution in [0.25, 0.3) is 0 Å². The summed E-state index contributed by atoms with van der Waals surface area (Å²) < 4.78 is 0. The molecule has 0 saturated heterocycles. The molecule has 0 fully saturated rings. The van der Waals surface area contributed by atoms with Crippen molar-refractivity contribution in [3.63, 3.8) is 0 Å². The monoisotopic (exact) mass is 291 g/mol. The van der Waals surface area contributed by atoms with E-state index in [0.29, 0.717) is 0 Å². The molecule has 0 aliphatic heterocycles. The molecule has 0 spiro atoms. The standard InChI is InChI=1S/C18H29NO2/c1-10-11(2)13(4)15(14(5)12(10)3)16(20)19-17(6,7)18(8,9)21/h21H,1-9H3,(H,19,20). The van der Waals surface area contributed by atoms with Gasteiger partial charge in [0.15, 0.2) is 0 Å². The lowest BCUT2D eigenvalue weighted by atomic mass is 9.84. The summed E-state index contributed by atoms with van der Waals surface area (Å²) in [5, 5.41) is 13.2. The predicted molar refractivity (Wildman–Crippen MR) is 88.0 cm³/mol. The molecule has 3 nitrogen and oxygen atoms in total. The normalized spacial score (nSPS) is 12.5. The summed E-state index contributed by atoms with van der Waals surface area (Å²) in [6, 6.07) is 0. The number of rotatable bonds is 3. The molecule has 0 radical (unpaired) electrons. The van der Waals surface area contributed by atoms with Crippen molar-refractivity contribution in [1.82, 2.24) is 5.32 Å². The maximum atomic E-state index is 12.7. The molecule has 1 aromatic carbocycles. The average Bonchev–Trinajstić information content (AvgIpc) is 2.32. The zero-order valence-corrected chi connectivity index (χ0v) is 14.9. The number of carbonyl (C=O) groups excluding carboxylic acids is 1. The molecule has 21 heavy (non-hydrogen) atoms. The van der Waals surface area contributed by atoms with Crippen LogP contribution in [0.2, 0.25) is 0 Å². The summed E-state index contributed by atoms with van der Waals surface area (Å²) in [6.45, 7) is 17.3. The first-order valence-electron chi connectivity index (χ1n) is 7.43. The Kier molecular flexibility index (Phi) is 4.59. The van der Waals surface area contributed by atoms with Gasteiger partial charge in [0.25, 0.3) is 5.91 Å². The molecule has 0 bridgehead atoms. The van der Waals surface area contributed by atoms with Crippen LogP contribution in [-0.4, -0.2) is 22.2 Å². The Bertz CT molecular complexity index is 549. The van der Waals surface area contributed by atoms with Crippen molar-refractivity contribution in [2.24, 2.45) is 0 Å². The number of carbonyl (C=O) groups is 1. The van der Waals surface area contributed by atoms with E-state index in [-0.39, 0.29) is 5.91 Å². The first kappa shape index (κ1) is 17.7. The lowest BCUT2D eigenvalue weighted by Crippen LogP contribution is -2.57. The van der Waals surface area contributed by atoms with E-state index >= 15 is 0 Å². The fraction of sp³-hybridized carbons (Fsp3) is 0.611. The minimum absolute atomic E-state index is 0.122. The molecule has 1 rings (SSSR count). The fourth-order valence-corrected chi connectivity index (χ4v) is 2.34. The molecule has 0 aromatic heterocycles. The lowest BCUT2D eigenvalue weighted by Gasteiger charge is -2.38. The molecule has 3 heteroatoms. The summed E-state index contributed by atoms with van der Waals surface area (Å²) in [4.78, 5) is 12.7. The quantitative estimate of drug-likeness (QED) is 0.895. The van der Waals surface area contributed by atoms with Crippen LogP contribution in [-0.2, 0) is 0 Å². The summed E-state index contributed by atoms with van der Waals surface area (Å²) in [5.41, 5.74) is 4.60. The van der Waals surface area contributed by atoms with E-state index in [1.54, 1.807) is 13.8 Å². The van der Waals surface area contributed by atoms with E-state index in [1.807, 2.05) is 27.7 Å². The molecule has 1 amide bonds. The molecular formula is C18H29NO2. The Labute approximate surface area is 128 Å². The largest absolute Gasteiger partial charge is 0.388 e. The molecule has 2 N–H and O–H groups in total. The van der Waals surface area contributed by atoms with Crippen LogP contribution >= 0.6 is 0 Å². The van der Waals surface area contributed by atoms with Crippen LogP contribution in [0, 0.1) is 34.6 Å². The first-order chi connectivity index (χ1) is 9.31. The van der Waals surface area contributed by atoms with E-state index < -0.39 is 11.1 Å². The Morgan fingerprint density at radius 2 is 1.14 bits per heavy atom. The van der Waals surface area contributed by atoms with Gasteiger partial charge in [-0.25, -0.2) is 0 Å². The van der Waals surface area contributed by atoms with Crippen LogP contribution in [0.1, 0.15) is 65.9 Å². The number of benzene rings is 1. The van der Waals surface area contributed by atoms with E-state index in [1.165, 1.54) is 5.56 Å². The second-order valence-corrected chi connectivity index (χ2v) is 7.14. The molecule has 1 aromatic rings. The van der Waals surface area contributed by atoms with Gasteiger partial charge >= 0.3 is 0 Å². The van der Waals surface area contributed by atoms with Gasteiger partial charge < -0.3 is 10.4 Å². The highest BCUT2D eigenvalue weighted by Gasteiger charge is 2.37. The van der Waals surface area contributed by atoms with Gasteiger partial charge in [-0.3, -0.25) is 4.79 Å². The van der Waals surface area contributed by atoms with Gasteiger partial charge in [-0.1, -0.05) is 0 Å². The Morgan fingerprint density at radius 1 is 0.810 bits per heavy atom. The number of nitrogens with one attached hydrogen (secondary N) is 1. The van der Waals surface area contributed by atoms with Crippen LogP contribution in [0.3, 0.4) is 0 Å². The minimum atomic E-state index is -1.00. The van der Waals surface area contributed by atoms with Gasteiger partial charge in [0.2, 0.25) is 0 Å². The van der Waals surface area contributed by atoms with E-state index in [9.17, 15) is 9.90 Å². The molecule has 0 atom stereocenters. The molecule has 0 aliphatic carbocycles. The Hall–Kier alpha value is -1.35. The second-order valence-electron chi connectivity index (χ2n) is 7.14. The molecule has 0 unspecified atom stereocenters. The third kappa shape index (κ3) is 3.13. The SMILES string of the molecule is Cc1c(C)c(C)c(C(=O)NC(C)(C)C(C)(C)O)c(C)c1C. The zero-order chi connectivity index (χ0) is 16.7. The molecule has 118 valence electrons. The van der Waals surface area contributed by atoms with E-state index in [2.05, 4.69) is 26.1 Å². The topological polar surface area (TPSA) is 49.3 Å². The number of hydrogen-bond acceptors (Lipinski definition) is 2. The highest BCUT2D eigenvalue weighted by atomic mass is 16.3. The van der Waals surface area contributed by atoms with Crippen LogP contribution < -0.4 is 5.32 Å². The predicted octanol–water partition coefficient (Wildman–Crippen LogP) is 3.51. The second kappa shape index (κ2) is 5.45. The molecule has 0 aliphatic rings. The maximum absolute atomic E-state index is 12.7. The van der Waals surface area contributed by atoms with Gasteiger partial charge in [0, 0.05) is 5.56 Å². The highest BCUT2D eigenvalue weighted by Crippen LogP contribution is 2.27. The number of amides is 1. The third-order valence-electron chi connectivity index (χ3n) is 5.18. The van der Waals surface area contributed by atoms with Crippen LogP contribution in [0.4, 0.5) is 0 Å². The van der Waals surface area contributed by atoms with E-state index in [4.69, 9.17) is 0 Å². The van der Waals surface area contributed by atoms with Crippen molar-refractivity contribution in [3.05, 3.63) is 33.4 Å². The van der Waals surface area contributed by atoms with Crippen LogP contribution in [0.15, 0.2) is 0 Å². The number of hydrogen-bond donors (Lipinski definition) is 2. The lowest BCUT2D eigenvalue weighted by molar-refractivity contribution is -0.00296. The Morgan fingerprint density at radius 3 is 1.48 bits per heavy atom. The molecule has 0 saturated carbocycles. The van der Waals surface area contributed by atoms with Crippen molar-refractivity contribution in [3.8, 4) is 0 Å². The van der Waals surface area contributed by atoms with Crippen molar-refractivity contribution >= 4 is 5.91 Å². The molecular weight excluding hydrogens is 262 g/mol. The van der Waals surface area contributed by atoms with Gasteiger partial charge in [-0.05, 0) is 90.1 Å². The number of aliphatic hydroxyl groups is 1. The van der Waals surface area contributed by atoms with E-state index in [0.717, 1.165) is 27.8 Å². The Balaban J connectivity index is 3.34. The van der Waals surface area contributed by atoms with Gasteiger partial charge in [-0.15, -0.1) is 0 Å². The van der Waals surface area contributed by atoms with Crippen molar-refractivity contribution in [2.75, 3.05) is 0 Å². The highest BCUT2D eigenvalue weighted by molar-refractivity contribution is 5.98. The van der Waals surface area contributed by atoms with Gasteiger partial charge in [0.05, 0.1) is 11.1 Å². The van der Waals surface area contributed by atoms with Gasteiger partial charge in [0.1, 0.15) is 0 Å². The minimum Gasteiger partial charge on any atom is -0.388 e. The third-order valence-corrected chi connectivity index (χ3v) is 5.18. The smallest absolute Gasteiger partial charge is 0.252 e. The summed E-state index contributed by atoms with van der Waals surface area (Å²) in [5.74, 6) is -0.122. The fourth-order valence-electron chi connectivity index (χ4n) is 2.34. The van der Waals surface area contributed by atoms with Crippen molar-refractivity contribution < 1.29 is 9.90 Å².